The summed E-state index contributed by atoms with van der Waals surface area (Å²) in [5.41, 5.74) is 5.40. The highest BCUT2D eigenvalue weighted by atomic mass is 31.2. The molecule has 2 unspecified atom stereocenters. The second-order valence-electron chi connectivity index (χ2n) is 23.0. The van der Waals surface area contributed by atoms with Crippen LogP contribution in [0.1, 0.15) is 284 Å². The summed E-state index contributed by atoms with van der Waals surface area (Å²) in [6, 6.07) is 0. The highest BCUT2D eigenvalue weighted by Gasteiger charge is 2.26. The number of phosphoric acid groups is 1. The number of unbranched alkanes of at least 4 members (excludes halogenated alkanes) is 24. The minimum absolute atomic E-state index is 0.0424. The molecule has 0 spiro atoms. The predicted octanol–water partition coefficient (Wildman–Crippen LogP) is 23.7. The molecular formula is C79H130NO8P. The van der Waals surface area contributed by atoms with E-state index >= 15 is 0 Å². The molecule has 0 saturated heterocycles. The molecule has 0 aromatic carbocycles. The summed E-state index contributed by atoms with van der Waals surface area (Å²) >= 11 is 0. The van der Waals surface area contributed by atoms with Crippen molar-refractivity contribution in [3.8, 4) is 0 Å². The summed E-state index contributed by atoms with van der Waals surface area (Å²) in [6.45, 7) is 3.50. The minimum Gasteiger partial charge on any atom is -0.462 e. The zero-order valence-electron chi connectivity index (χ0n) is 56.6. The van der Waals surface area contributed by atoms with Crippen molar-refractivity contribution in [2.45, 2.75) is 290 Å². The van der Waals surface area contributed by atoms with E-state index in [4.69, 9.17) is 24.3 Å². The van der Waals surface area contributed by atoms with Crippen molar-refractivity contribution in [3.05, 3.63) is 170 Å². The van der Waals surface area contributed by atoms with E-state index < -0.39 is 26.5 Å². The number of ether oxygens (including phenoxy) is 2. The van der Waals surface area contributed by atoms with Crippen LogP contribution in [0.4, 0.5) is 0 Å². The molecule has 0 aromatic heterocycles. The van der Waals surface area contributed by atoms with Gasteiger partial charge >= 0.3 is 19.8 Å². The van der Waals surface area contributed by atoms with E-state index in [-0.39, 0.29) is 38.6 Å². The molecule has 3 N–H and O–H groups in total. The van der Waals surface area contributed by atoms with Gasteiger partial charge in [-0.25, -0.2) is 4.57 Å². The van der Waals surface area contributed by atoms with E-state index in [0.29, 0.717) is 6.42 Å². The van der Waals surface area contributed by atoms with Crippen molar-refractivity contribution in [1.82, 2.24) is 0 Å². The van der Waals surface area contributed by atoms with Crippen molar-refractivity contribution >= 4 is 19.8 Å². The lowest BCUT2D eigenvalue weighted by Gasteiger charge is -2.19. The topological polar surface area (TPSA) is 134 Å². The Bertz CT molecular complexity index is 2070. The number of hydrogen-bond donors (Lipinski definition) is 2. The van der Waals surface area contributed by atoms with Crippen LogP contribution < -0.4 is 5.73 Å². The van der Waals surface area contributed by atoms with E-state index in [1.807, 2.05) is 0 Å². The minimum atomic E-state index is -4.41. The Morgan fingerprint density at radius 3 is 0.865 bits per heavy atom. The summed E-state index contributed by atoms with van der Waals surface area (Å²) in [7, 11) is -4.41. The van der Waals surface area contributed by atoms with E-state index in [1.54, 1.807) is 0 Å². The molecule has 0 aliphatic carbocycles. The third-order valence-corrected chi connectivity index (χ3v) is 15.6. The molecule has 0 aromatic rings. The molecule has 0 fully saturated rings. The zero-order chi connectivity index (χ0) is 64.4. The molecule has 10 heteroatoms. The number of carbonyl (C=O) groups excluding carboxylic acids is 2. The van der Waals surface area contributed by atoms with E-state index in [0.717, 1.165) is 141 Å². The largest absolute Gasteiger partial charge is 0.472 e. The van der Waals surface area contributed by atoms with E-state index in [2.05, 4.69) is 184 Å². The average molecular weight is 1250 g/mol. The third-order valence-electron chi connectivity index (χ3n) is 14.6. The number of carbonyl (C=O) groups is 2. The maximum atomic E-state index is 12.8. The second-order valence-corrected chi connectivity index (χ2v) is 24.4. The summed E-state index contributed by atoms with van der Waals surface area (Å²) in [6.07, 6.45) is 107. The van der Waals surface area contributed by atoms with Gasteiger partial charge in [0.15, 0.2) is 6.10 Å². The first-order valence-corrected chi connectivity index (χ1v) is 37.1. The molecule has 0 rings (SSSR count). The van der Waals surface area contributed by atoms with Crippen LogP contribution in [0.5, 0.6) is 0 Å². The highest BCUT2D eigenvalue weighted by molar-refractivity contribution is 7.47. The first-order chi connectivity index (χ1) is 43.8. The lowest BCUT2D eigenvalue weighted by atomic mass is 10.0. The van der Waals surface area contributed by atoms with Gasteiger partial charge < -0.3 is 20.1 Å². The maximum Gasteiger partial charge on any atom is 0.472 e. The van der Waals surface area contributed by atoms with Gasteiger partial charge in [-0.3, -0.25) is 18.6 Å². The molecule has 0 bridgehead atoms. The third kappa shape index (κ3) is 72.3. The van der Waals surface area contributed by atoms with Crippen LogP contribution in [-0.4, -0.2) is 49.3 Å². The summed E-state index contributed by atoms with van der Waals surface area (Å²) < 4.78 is 33.2. The normalized spacial score (nSPS) is 14.0. The fourth-order valence-electron chi connectivity index (χ4n) is 9.42. The molecule has 2 atom stereocenters. The van der Waals surface area contributed by atoms with Gasteiger partial charge in [-0.05, 0) is 128 Å². The lowest BCUT2D eigenvalue weighted by Crippen LogP contribution is -2.29. The van der Waals surface area contributed by atoms with Crippen LogP contribution in [0, 0.1) is 0 Å². The Hall–Kier alpha value is -4.63. The van der Waals surface area contributed by atoms with Crippen LogP contribution in [0.25, 0.3) is 0 Å². The number of esters is 2. The fraction of sp³-hybridized carbons (Fsp3) is 0.620. The van der Waals surface area contributed by atoms with Crippen LogP contribution in [0.2, 0.25) is 0 Å². The number of nitrogens with two attached hydrogens (primary N) is 1. The predicted molar refractivity (Wildman–Crippen MR) is 385 cm³/mol. The number of allylic oxidation sites excluding steroid dienone is 28. The van der Waals surface area contributed by atoms with Crippen molar-refractivity contribution < 1.29 is 37.6 Å². The smallest absolute Gasteiger partial charge is 0.462 e. The van der Waals surface area contributed by atoms with Gasteiger partial charge in [0.2, 0.25) is 0 Å². The van der Waals surface area contributed by atoms with Crippen molar-refractivity contribution in [2.75, 3.05) is 26.4 Å². The van der Waals surface area contributed by atoms with Gasteiger partial charge in [-0.15, -0.1) is 0 Å². The highest BCUT2D eigenvalue weighted by Crippen LogP contribution is 2.43. The Labute approximate surface area is 546 Å². The molecule has 0 amide bonds. The Balaban J connectivity index is 3.96. The Morgan fingerprint density at radius 1 is 0.337 bits per heavy atom. The first-order valence-electron chi connectivity index (χ1n) is 35.6. The molecule has 0 radical (unpaired) electrons. The fourth-order valence-corrected chi connectivity index (χ4v) is 10.2. The van der Waals surface area contributed by atoms with E-state index in [1.165, 1.54) is 109 Å². The Morgan fingerprint density at radius 2 is 0.584 bits per heavy atom. The van der Waals surface area contributed by atoms with Crippen molar-refractivity contribution in [2.24, 2.45) is 5.73 Å². The Kier molecular flexibility index (Phi) is 68.7. The number of hydrogen-bond acceptors (Lipinski definition) is 8. The molecule has 504 valence electrons. The molecule has 9 nitrogen and oxygen atoms in total. The summed E-state index contributed by atoms with van der Waals surface area (Å²) in [4.78, 5) is 35.4. The van der Waals surface area contributed by atoms with E-state index in [9.17, 15) is 19.0 Å². The molecule has 0 aliphatic rings. The molecule has 0 heterocycles. The van der Waals surface area contributed by atoms with Gasteiger partial charge in [-0.2, -0.15) is 0 Å². The van der Waals surface area contributed by atoms with Crippen LogP contribution >= 0.6 is 7.82 Å². The lowest BCUT2D eigenvalue weighted by molar-refractivity contribution is -0.161. The molecular weight excluding hydrogens is 1120 g/mol. The van der Waals surface area contributed by atoms with Crippen molar-refractivity contribution in [3.63, 3.8) is 0 Å². The van der Waals surface area contributed by atoms with Gasteiger partial charge in [0, 0.05) is 19.4 Å². The summed E-state index contributed by atoms with van der Waals surface area (Å²) in [5.74, 6) is -0.853. The monoisotopic (exact) mass is 1250 g/mol. The average Bonchev–Trinajstić information content (AvgIpc) is 3.58. The standard InChI is InChI=1S/C79H130NO8P/c1-3-5-7-9-11-13-15-17-19-21-23-25-27-29-31-33-35-37-38-40-41-43-45-47-49-51-53-55-57-59-61-63-65-67-69-71-78(81)85-75-77(76-87-89(83,84)86-74-73-80)88-79(82)72-70-68-66-64-62-60-58-56-54-52-50-48-46-44-42-39-36-34-32-30-28-26-24-22-20-18-16-14-12-10-8-6-4-2/h5-8,11-14,17-20,23-26,29-32,36,39,44,46,50,52,56,58,77H,3-4,9-10,15-16,21-22,27-28,33-35,37-38,40-43,45,47-49,51,53-55,57,59-76,80H2,1-2H3,(H,83,84)/b7-5-,8-6-,13-11-,14-12-,19-17-,20-18-,25-23-,26-24-,31-29-,32-30-,39-36-,46-44-,52-50-,58-56-. The zero-order valence-corrected chi connectivity index (χ0v) is 57.5. The second kappa shape index (κ2) is 72.4. The SMILES string of the molecule is CC/C=C\C/C=C\C/C=C\C/C=C\C/C=C\C/C=C\C/C=C\C/C=C\C/C=C\CCCCCCCC(=O)OC(COC(=O)CCCCCCCCCCCCCCCCCCCCC/C=C\C/C=C\C/C=C\C/C=C\C/C=C\CC)COP(=O)(O)OCCN. The van der Waals surface area contributed by atoms with Crippen molar-refractivity contribution in [1.29, 1.82) is 0 Å². The number of rotatable bonds is 65. The van der Waals surface area contributed by atoms with Gasteiger partial charge in [-0.1, -0.05) is 312 Å². The van der Waals surface area contributed by atoms with Crippen LogP contribution in [0.15, 0.2) is 170 Å². The van der Waals surface area contributed by atoms with Gasteiger partial charge in [0.1, 0.15) is 6.61 Å². The molecule has 89 heavy (non-hydrogen) atoms. The summed E-state index contributed by atoms with van der Waals surface area (Å²) in [5, 5.41) is 0. The van der Waals surface area contributed by atoms with Gasteiger partial charge in [0.25, 0.3) is 0 Å². The first kappa shape index (κ1) is 84.4. The van der Waals surface area contributed by atoms with Crippen LogP contribution in [0.3, 0.4) is 0 Å². The van der Waals surface area contributed by atoms with Crippen LogP contribution in [-0.2, 0) is 32.7 Å². The molecule has 0 aliphatic heterocycles. The molecule has 0 saturated carbocycles. The quantitative estimate of drug-likeness (QED) is 0.0264. The maximum absolute atomic E-state index is 12.8. The van der Waals surface area contributed by atoms with Gasteiger partial charge in [0.05, 0.1) is 13.2 Å². The number of phosphoric ester groups is 1.